The lowest BCUT2D eigenvalue weighted by Crippen LogP contribution is -2.22. The molecule has 1 rings (SSSR count). The molecule has 0 spiro atoms. The summed E-state index contributed by atoms with van der Waals surface area (Å²) in [4.78, 5) is 10.8. The van der Waals surface area contributed by atoms with Crippen LogP contribution in [0.4, 0.5) is 0 Å². The Kier molecular flexibility index (Phi) is 3.14. The zero-order valence-corrected chi connectivity index (χ0v) is 6.97. The van der Waals surface area contributed by atoms with Crippen molar-refractivity contribution in [1.82, 2.24) is 5.32 Å². The quantitative estimate of drug-likeness (QED) is 0.609. The molecule has 0 aromatic heterocycles. The first-order valence-corrected chi connectivity index (χ1v) is 4.23. The zero-order chi connectivity index (χ0) is 8.10. The third-order valence-corrected chi connectivity index (χ3v) is 1.87. The SMILES string of the molecule is CC=CC(=O)NCCC1CC1. The summed E-state index contributed by atoms with van der Waals surface area (Å²) in [5.74, 6) is 0.939. The third-order valence-electron chi connectivity index (χ3n) is 1.87. The molecule has 1 N–H and O–H groups in total. The van der Waals surface area contributed by atoms with Gasteiger partial charge >= 0.3 is 0 Å². The van der Waals surface area contributed by atoms with Crippen molar-refractivity contribution >= 4 is 5.91 Å². The molecular formula is C9H15NO. The van der Waals surface area contributed by atoms with Crippen LogP contribution < -0.4 is 5.32 Å². The number of carbonyl (C=O) groups excluding carboxylic acids is 1. The Morgan fingerprint density at radius 3 is 2.91 bits per heavy atom. The number of allylic oxidation sites excluding steroid dienone is 1. The standard InChI is InChI=1S/C9H15NO/c1-2-3-9(11)10-7-6-8-4-5-8/h2-3,8H,4-7H2,1H3,(H,10,11). The van der Waals surface area contributed by atoms with Crippen LogP contribution in [-0.4, -0.2) is 12.5 Å². The topological polar surface area (TPSA) is 29.1 Å². The van der Waals surface area contributed by atoms with Gasteiger partial charge in [-0.05, 0) is 25.3 Å². The van der Waals surface area contributed by atoms with Gasteiger partial charge in [-0.1, -0.05) is 18.9 Å². The second kappa shape index (κ2) is 4.16. The van der Waals surface area contributed by atoms with Gasteiger partial charge in [0.1, 0.15) is 0 Å². The third kappa shape index (κ3) is 3.81. The normalized spacial score (nSPS) is 17.2. The number of nitrogens with one attached hydrogen (secondary N) is 1. The van der Waals surface area contributed by atoms with E-state index in [1.165, 1.54) is 12.8 Å². The van der Waals surface area contributed by atoms with Crippen LogP contribution in [-0.2, 0) is 4.79 Å². The summed E-state index contributed by atoms with van der Waals surface area (Å²) in [5.41, 5.74) is 0. The predicted octanol–water partition coefficient (Wildman–Crippen LogP) is 1.48. The van der Waals surface area contributed by atoms with E-state index in [0.29, 0.717) is 0 Å². The maximum atomic E-state index is 10.8. The van der Waals surface area contributed by atoms with E-state index in [4.69, 9.17) is 0 Å². The van der Waals surface area contributed by atoms with Gasteiger partial charge in [0, 0.05) is 6.54 Å². The number of amides is 1. The molecule has 1 saturated carbocycles. The molecule has 0 atom stereocenters. The van der Waals surface area contributed by atoms with Gasteiger partial charge in [0.25, 0.3) is 0 Å². The largest absolute Gasteiger partial charge is 0.353 e. The van der Waals surface area contributed by atoms with E-state index in [1.54, 1.807) is 12.2 Å². The Bertz CT molecular complexity index is 159. The number of carbonyl (C=O) groups is 1. The highest BCUT2D eigenvalue weighted by atomic mass is 16.1. The smallest absolute Gasteiger partial charge is 0.243 e. The van der Waals surface area contributed by atoms with Gasteiger partial charge in [-0.3, -0.25) is 4.79 Å². The Morgan fingerprint density at radius 1 is 1.64 bits per heavy atom. The molecule has 0 saturated heterocycles. The van der Waals surface area contributed by atoms with Gasteiger partial charge in [0.15, 0.2) is 0 Å². The summed E-state index contributed by atoms with van der Waals surface area (Å²) in [6.07, 6.45) is 7.20. The van der Waals surface area contributed by atoms with Crippen molar-refractivity contribution in [3.8, 4) is 0 Å². The Labute approximate surface area is 67.7 Å². The highest BCUT2D eigenvalue weighted by molar-refractivity contribution is 5.87. The summed E-state index contributed by atoms with van der Waals surface area (Å²) in [5, 5.41) is 2.83. The first-order valence-electron chi connectivity index (χ1n) is 4.23. The molecule has 1 amide bonds. The molecule has 0 heterocycles. The molecule has 0 aliphatic heterocycles. The Hall–Kier alpha value is -0.790. The van der Waals surface area contributed by atoms with Crippen molar-refractivity contribution in [2.75, 3.05) is 6.54 Å². The lowest BCUT2D eigenvalue weighted by atomic mass is 10.3. The first kappa shape index (κ1) is 8.31. The first-order chi connectivity index (χ1) is 5.33. The molecule has 2 heteroatoms. The van der Waals surface area contributed by atoms with Crippen LogP contribution in [0.15, 0.2) is 12.2 Å². The number of hydrogen-bond donors (Lipinski definition) is 1. The van der Waals surface area contributed by atoms with Crippen molar-refractivity contribution in [2.24, 2.45) is 5.92 Å². The number of hydrogen-bond acceptors (Lipinski definition) is 1. The van der Waals surface area contributed by atoms with Crippen LogP contribution in [0.25, 0.3) is 0 Å². The van der Waals surface area contributed by atoms with E-state index < -0.39 is 0 Å². The highest BCUT2D eigenvalue weighted by Crippen LogP contribution is 2.31. The molecule has 62 valence electrons. The molecule has 0 aromatic rings. The molecular weight excluding hydrogens is 138 g/mol. The monoisotopic (exact) mass is 153 g/mol. The highest BCUT2D eigenvalue weighted by Gasteiger charge is 2.20. The van der Waals surface area contributed by atoms with Crippen molar-refractivity contribution in [3.63, 3.8) is 0 Å². The van der Waals surface area contributed by atoms with Crippen molar-refractivity contribution < 1.29 is 4.79 Å². The molecule has 1 fully saturated rings. The fourth-order valence-corrected chi connectivity index (χ4v) is 1.02. The van der Waals surface area contributed by atoms with Gasteiger partial charge in [-0.25, -0.2) is 0 Å². The maximum Gasteiger partial charge on any atom is 0.243 e. The van der Waals surface area contributed by atoms with Gasteiger partial charge in [-0.15, -0.1) is 0 Å². The number of rotatable bonds is 4. The van der Waals surface area contributed by atoms with E-state index in [2.05, 4.69) is 5.32 Å². The fourth-order valence-electron chi connectivity index (χ4n) is 1.02. The second-order valence-corrected chi connectivity index (χ2v) is 3.02. The van der Waals surface area contributed by atoms with Gasteiger partial charge in [0.05, 0.1) is 0 Å². The summed E-state index contributed by atoms with van der Waals surface area (Å²) >= 11 is 0. The van der Waals surface area contributed by atoms with E-state index in [9.17, 15) is 4.79 Å². The Morgan fingerprint density at radius 2 is 2.36 bits per heavy atom. The molecule has 0 aromatic carbocycles. The maximum absolute atomic E-state index is 10.8. The molecule has 0 bridgehead atoms. The summed E-state index contributed by atoms with van der Waals surface area (Å²) in [7, 11) is 0. The molecule has 0 unspecified atom stereocenters. The fraction of sp³-hybridized carbons (Fsp3) is 0.667. The van der Waals surface area contributed by atoms with E-state index in [-0.39, 0.29) is 5.91 Å². The van der Waals surface area contributed by atoms with Gasteiger partial charge < -0.3 is 5.32 Å². The zero-order valence-electron chi connectivity index (χ0n) is 6.97. The molecule has 2 nitrogen and oxygen atoms in total. The van der Waals surface area contributed by atoms with Crippen molar-refractivity contribution in [3.05, 3.63) is 12.2 Å². The predicted molar refractivity (Wildman–Crippen MR) is 45.2 cm³/mol. The van der Waals surface area contributed by atoms with Crippen LogP contribution in [0.1, 0.15) is 26.2 Å². The minimum absolute atomic E-state index is 0.0353. The summed E-state index contributed by atoms with van der Waals surface area (Å²) in [6, 6.07) is 0. The van der Waals surface area contributed by atoms with Crippen LogP contribution in [0.2, 0.25) is 0 Å². The van der Waals surface area contributed by atoms with E-state index in [1.807, 2.05) is 6.92 Å². The van der Waals surface area contributed by atoms with Crippen LogP contribution in [0, 0.1) is 5.92 Å². The minimum atomic E-state index is 0.0353. The Balaban J connectivity index is 1.96. The molecule has 11 heavy (non-hydrogen) atoms. The molecule has 0 radical (unpaired) electrons. The lowest BCUT2D eigenvalue weighted by Gasteiger charge is -1.98. The second-order valence-electron chi connectivity index (χ2n) is 3.02. The minimum Gasteiger partial charge on any atom is -0.353 e. The van der Waals surface area contributed by atoms with Gasteiger partial charge in [-0.2, -0.15) is 0 Å². The van der Waals surface area contributed by atoms with E-state index >= 15 is 0 Å². The summed E-state index contributed by atoms with van der Waals surface area (Å²) < 4.78 is 0. The van der Waals surface area contributed by atoms with Crippen molar-refractivity contribution in [1.29, 1.82) is 0 Å². The van der Waals surface area contributed by atoms with E-state index in [0.717, 1.165) is 18.9 Å². The van der Waals surface area contributed by atoms with Crippen LogP contribution >= 0.6 is 0 Å². The lowest BCUT2D eigenvalue weighted by molar-refractivity contribution is -0.116. The van der Waals surface area contributed by atoms with Crippen LogP contribution in [0.5, 0.6) is 0 Å². The molecule has 1 aliphatic rings. The molecule has 1 aliphatic carbocycles. The van der Waals surface area contributed by atoms with Crippen LogP contribution in [0.3, 0.4) is 0 Å². The van der Waals surface area contributed by atoms with Gasteiger partial charge in [0.2, 0.25) is 5.91 Å². The summed E-state index contributed by atoms with van der Waals surface area (Å²) in [6.45, 7) is 2.69. The average molecular weight is 153 g/mol. The van der Waals surface area contributed by atoms with Crippen molar-refractivity contribution in [2.45, 2.75) is 26.2 Å². The average Bonchev–Trinajstić information content (AvgIpc) is 2.72.